The first-order chi connectivity index (χ1) is 10.6. The largest absolute Gasteiger partial charge is 0.356 e. The average Bonchev–Trinajstić information content (AvgIpc) is 2.51. The molecule has 2 N–H and O–H groups in total. The molecular weight excluding hydrogens is 344 g/mol. The van der Waals surface area contributed by atoms with Gasteiger partial charge < -0.3 is 10.6 Å². The second-order valence-electron chi connectivity index (χ2n) is 4.91. The predicted molar refractivity (Wildman–Crippen MR) is 91.2 cm³/mol. The third kappa shape index (κ3) is 8.48. The molecule has 0 spiro atoms. The van der Waals surface area contributed by atoms with E-state index in [4.69, 9.17) is 6.42 Å². The molecule has 0 aromatic heterocycles. The molecule has 2 amide bonds. The predicted octanol–water partition coefficient (Wildman–Crippen LogP) is 2.42. The van der Waals surface area contributed by atoms with Gasteiger partial charge in [-0.15, -0.1) is 6.42 Å². The number of carbonyl (C=O) groups is 2. The van der Waals surface area contributed by atoms with E-state index in [1.54, 1.807) is 0 Å². The van der Waals surface area contributed by atoms with Gasteiger partial charge in [-0.3, -0.25) is 9.59 Å². The SMILES string of the molecule is C#CCNC(=O)CCNC(=O)CCCCc1ccc(Br)cc1. The summed E-state index contributed by atoms with van der Waals surface area (Å²) in [5.74, 6) is 2.17. The van der Waals surface area contributed by atoms with E-state index in [0.29, 0.717) is 13.0 Å². The van der Waals surface area contributed by atoms with Crippen molar-refractivity contribution in [3.8, 4) is 12.3 Å². The Balaban J connectivity index is 2.05. The topological polar surface area (TPSA) is 58.2 Å². The second kappa shape index (κ2) is 10.9. The van der Waals surface area contributed by atoms with Gasteiger partial charge in [-0.2, -0.15) is 0 Å². The van der Waals surface area contributed by atoms with Gasteiger partial charge in [0.1, 0.15) is 0 Å². The van der Waals surface area contributed by atoms with Crippen LogP contribution < -0.4 is 10.6 Å². The number of unbranched alkanes of at least 4 members (excludes halogenated alkanes) is 1. The summed E-state index contributed by atoms with van der Waals surface area (Å²) in [6.07, 6.45) is 8.55. The number of rotatable bonds is 9. The first-order valence-corrected chi connectivity index (χ1v) is 8.12. The zero-order valence-corrected chi connectivity index (χ0v) is 14.1. The molecule has 0 aliphatic rings. The molecule has 1 aromatic carbocycles. The van der Waals surface area contributed by atoms with Crippen molar-refractivity contribution >= 4 is 27.7 Å². The van der Waals surface area contributed by atoms with E-state index in [1.807, 2.05) is 12.1 Å². The highest BCUT2D eigenvalue weighted by atomic mass is 79.9. The van der Waals surface area contributed by atoms with Crippen molar-refractivity contribution in [3.05, 3.63) is 34.3 Å². The van der Waals surface area contributed by atoms with Crippen LogP contribution >= 0.6 is 15.9 Å². The van der Waals surface area contributed by atoms with E-state index in [2.05, 4.69) is 44.6 Å². The normalized spacial score (nSPS) is 9.82. The molecule has 0 unspecified atom stereocenters. The van der Waals surface area contributed by atoms with Crippen LogP contribution in [-0.4, -0.2) is 24.9 Å². The summed E-state index contributed by atoms with van der Waals surface area (Å²) in [7, 11) is 0. The Morgan fingerprint density at radius 2 is 1.73 bits per heavy atom. The first kappa shape index (κ1) is 18.2. The van der Waals surface area contributed by atoms with Crippen LogP contribution in [0.15, 0.2) is 28.7 Å². The fourth-order valence-electron chi connectivity index (χ4n) is 1.91. The van der Waals surface area contributed by atoms with E-state index < -0.39 is 0 Å². The van der Waals surface area contributed by atoms with Crippen molar-refractivity contribution in [2.75, 3.05) is 13.1 Å². The Morgan fingerprint density at radius 1 is 1.05 bits per heavy atom. The Kier molecular flexibility index (Phi) is 9.01. The van der Waals surface area contributed by atoms with Crippen molar-refractivity contribution in [2.45, 2.75) is 32.1 Å². The third-order valence-electron chi connectivity index (χ3n) is 3.09. The number of carbonyl (C=O) groups excluding carboxylic acids is 2. The molecule has 5 heteroatoms. The van der Waals surface area contributed by atoms with Crippen LogP contribution in [-0.2, 0) is 16.0 Å². The summed E-state index contributed by atoms with van der Waals surface area (Å²) in [6.45, 7) is 0.574. The highest BCUT2D eigenvalue weighted by Gasteiger charge is 2.03. The second-order valence-corrected chi connectivity index (χ2v) is 5.83. The number of hydrogen-bond donors (Lipinski definition) is 2. The van der Waals surface area contributed by atoms with E-state index in [0.717, 1.165) is 23.7 Å². The van der Waals surface area contributed by atoms with Gasteiger partial charge >= 0.3 is 0 Å². The van der Waals surface area contributed by atoms with Gasteiger partial charge in [-0.05, 0) is 37.0 Å². The lowest BCUT2D eigenvalue weighted by molar-refractivity contribution is -0.122. The maximum Gasteiger partial charge on any atom is 0.222 e. The van der Waals surface area contributed by atoms with Gasteiger partial charge in [0.15, 0.2) is 0 Å². The fraction of sp³-hybridized carbons (Fsp3) is 0.412. The maximum absolute atomic E-state index is 11.6. The summed E-state index contributed by atoms with van der Waals surface area (Å²) < 4.78 is 1.07. The van der Waals surface area contributed by atoms with Gasteiger partial charge in [0.25, 0.3) is 0 Å². The number of aryl methyl sites for hydroxylation is 1. The minimum atomic E-state index is -0.145. The van der Waals surface area contributed by atoms with Gasteiger partial charge in [0.2, 0.25) is 11.8 Å². The molecule has 118 valence electrons. The molecule has 0 aliphatic carbocycles. The van der Waals surface area contributed by atoms with Gasteiger partial charge in [-0.25, -0.2) is 0 Å². The molecule has 1 aromatic rings. The highest BCUT2D eigenvalue weighted by Crippen LogP contribution is 2.12. The number of benzene rings is 1. The number of halogens is 1. The van der Waals surface area contributed by atoms with Gasteiger partial charge in [-0.1, -0.05) is 34.0 Å². The lowest BCUT2D eigenvalue weighted by Gasteiger charge is -2.05. The fourth-order valence-corrected chi connectivity index (χ4v) is 2.17. The summed E-state index contributed by atoms with van der Waals surface area (Å²) in [5.41, 5.74) is 1.27. The number of amides is 2. The number of hydrogen-bond acceptors (Lipinski definition) is 2. The van der Waals surface area contributed by atoms with Crippen molar-refractivity contribution < 1.29 is 9.59 Å². The lowest BCUT2D eigenvalue weighted by Crippen LogP contribution is -2.30. The molecule has 0 heterocycles. The zero-order valence-electron chi connectivity index (χ0n) is 12.5. The van der Waals surface area contributed by atoms with Crippen LogP contribution in [0.25, 0.3) is 0 Å². The minimum Gasteiger partial charge on any atom is -0.356 e. The van der Waals surface area contributed by atoms with Gasteiger partial charge in [0, 0.05) is 23.9 Å². The Morgan fingerprint density at radius 3 is 2.41 bits per heavy atom. The monoisotopic (exact) mass is 364 g/mol. The van der Waals surface area contributed by atoms with E-state index >= 15 is 0 Å². The van der Waals surface area contributed by atoms with Crippen molar-refractivity contribution in [1.82, 2.24) is 10.6 Å². The van der Waals surface area contributed by atoms with E-state index in [9.17, 15) is 9.59 Å². The summed E-state index contributed by atoms with van der Waals surface area (Å²) in [6, 6.07) is 8.21. The Hall–Kier alpha value is -1.80. The van der Waals surface area contributed by atoms with Crippen molar-refractivity contribution in [1.29, 1.82) is 0 Å². The third-order valence-corrected chi connectivity index (χ3v) is 3.62. The van der Waals surface area contributed by atoms with Crippen LogP contribution in [0.2, 0.25) is 0 Å². The smallest absolute Gasteiger partial charge is 0.222 e. The van der Waals surface area contributed by atoms with Crippen LogP contribution in [0.4, 0.5) is 0 Å². The molecule has 0 atom stereocenters. The standard InChI is InChI=1S/C17H21BrN2O2/c1-2-12-19-17(22)11-13-20-16(21)6-4-3-5-14-7-9-15(18)10-8-14/h1,7-10H,3-6,11-13H2,(H,19,22)(H,20,21). The highest BCUT2D eigenvalue weighted by molar-refractivity contribution is 9.10. The Bertz CT molecular complexity index is 520. The summed E-state index contributed by atoms with van der Waals surface area (Å²) in [5, 5.41) is 5.29. The molecule has 22 heavy (non-hydrogen) atoms. The van der Waals surface area contributed by atoms with E-state index in [-0.39, 0.29) is 24.8 Å². The molecule has 0 fully saturated rings. The van der Waals surface area contributed by atoms with E-state index in [1.165, 1.54) is 5.56 Å². The molecule has 1 rings (SSSR count). The molecule has 0 saturated carbocycles. The average molecular weight is 365 g/mol. The molecule has 0 aliphatic heterocycles. The van der Waals surface area contributed by atoms with Crippen LogP contribution in [0, 0.1) is 12.3 Å². The maximum atomic E-state index is 11.6. The van der Waals surface area contributed by atoms with Crippen molar-refractivity contribution in [2.24, 2.45) is 0 Å². The number of nitrogens with one attached hydrogen (secondary N) is 2. The molecular formula is C17H21BrN2O2. The lowest BCUT2D eigenvalue weighted by atomic mass is 10.1. The first-order valence-electron chi connectivity index (χ1n) is 7.33. The molecule has 0 saturated heterocycles. The minimum absolute atomic E-state index is 0.0134. The van der Waals surface area contributed by atoms with Crippen LogP contribution in [0.5, 0.6) is 0 Å². The number of terminal acetylenes is 1. The Labute approximate surface area is 140 Å². The molecule has 0 radical (unpaired) electrons. The van der Waals surface area contributed by atoms with Crippen LogP contribution in [0.3, 0.4) is 0 Å². The zero-order chi connectivity index (χ0) is 16.2. The van der Waals surface area contributed by atoms with Crippen molar-refractivity contribution in [3.63, 3.8) is 0 Å². The quantitative estimate of drug-likeness (QED) is 0.522. The van der Waals surface area contributed by atoms with Gasteiger partial charge in [0.05, 0.1) is 6.54 Å². The summed E-state index contributed by atoms with van der Waals surface area (Å²) >= 11 is 3.40. The molecule has 4 nitrogen and oxygen atoms in total. The van der Waals surface area contributed by atoms with Crippen LogP contribution in [0.1, 0.15) is 31.2 Å². The summed E-state index contributed by atoms with van der Waals surface area (Å²) in [4.78, 5) is 22.9. The molecule has 0 bridgehead atoms.